The average molecular weight is 449 g/mol. The van der Waals surface area contributed by atoms with Crippen LogP contribution in [0.3, 0.4) is 0 Å². The summed E-state index contributed by atoms with van der Waals surface area (Å²) in [5.74, 6) is 0.153. The second-order valence-corrected chi connectivity index (χ2v) is 10.6. The molecule has 0 saturated heterocycles. The molecule has 0 heterocycles. The monoisotopic (exact) mass is 448 g/mol. The van der Waals surface area contributed by atoms with Gasteiger partial charge in [0.1, 0.15) is 0 Å². The van der Waals surface area contributed by atoms with E-state index in [1.807, 2.05) is 62.4 Å². The van der Waals surface area contributed by atoms with Crippen molar-refractivity contribution < 1.29 is 4.79 Å². The van der Waals surface area contributed by atoms with E-state index >= 15 is 0 Å². The van der Waals surface area contributed by atoms with Crippen LogP contribution in [0.2, 0.25) is 10.0 Å². The molecule has 2 atom stereocenters. The Balaban J connectivity index is 2.19. The van der Waals surface area contributed by atoms with Crippen molar-refractivity contribution in [2.24, 2.45) is 5.41 Å². The van der Waals surface area contributed by atoms with Crippen molar-refractivity contribution in [1.29, 1.82) is 0 Å². The smallest absolute Gasteiger partial charge is 0.227 e. The third kappa shape index (κ3) is 7.61. The number of halogens is 2. The molecule has 2 rings (SSSR count). The molecule has 0 spiro atoms. The van der Waals surface area contributed by atoms with Gasteiger partial charge in [-0.15, -0.1) is 0 Å². The second kappa shape index (κ2) is 10.2. The van der Waals surface area contributed by atoms with Crippen molar-refractivity contribution in [2.75, 3.05) is 6.54 Å². The van der Waals surface area contributed by atoms with Crippen LogP contribution in [0.15, 0.2) is 48.5 Å². The highest BCUT2D eigenvalue weighted by molar-refractivity contribution is 6.30. The zero-order valence-corrected chi connectivity index (χ0v) is 20.4. The lowest BCUT2D eigenvalue weighted by Crippen LogP contribution is -2.51. The van der Waals surface area contributed by atoms with E-state index in [0.717, 1.165) is 17.0 Å². The van der Waals surface area contributed by atoms with Crippen LogP contribution in [0.1, 0.15) is 58.6 Å². The van der Waals surface area contributed by atoms with E-state index in [-0.39, 0.29) is 23.4 Å². The molecule has 3 nitrogen and oxygen atoms in total. The lowest BCUT2D eigenvalue weighted by atomic mass is 9.85. The second-order valence-electron chi connectivity index (χ2n) is 9.74. The Morgan fingerprint density at radius 1 is 0.900 bits per heavy atom. The lowest BCUT2D eigenvalue weighted by molar-refractivity contribution is -0.130. The number of carbonyl (C=O) groups is 1. The number of rotatable bonds is 8. The fraction of sp³-hybridized carbons (Fsp3) is 0.480. The molecule has 2 unspecified atom stereocenters. The first kappa shape index (κ1) is 24.7. The molecule has 0 aromatic heterocycles. The van der Waals surface area contributed by atoms with E-state index < -0.39 is 5.41 Å². The van der Waals surface area contributed by atoms with Gasteiger partial charge in [-0.05, 0) is 83.4 Å². The summed E-state index contributed by atoms with van der Waals surface area (Å²) in [4.78, 5) is 13.1. The van der Waals surface area contributed by atoms with Gasteiger partial charge in [0.05, 0.1) is 5.41 Å². The topological polar surface area (TPSA) is 41.1 Å². The summed E-state index contributed by atoms with van der Waals surface area (Å²) in [5.41, 5.74) is 1.76. The van der Waals surface area contributed by atoms with Crippen LogP contribution in [0, 0.1) is 5.41 Å². The third-order valence-corrected chi connectivity index (χ3v) is 5.81. The summed E-state index contributed by atoms with van der Waals surface area (Å²) in [6.45, 7) is 12.9. The number of carbonyl (C=O) groups excluding carboxylic acids is 1. The number of hydrogen-bond donors (Lipinski definition) is 2. The lowest BCUT2D eigenvalue weighted by Gasteiger charge is -2.33. The molecule has 1 amide bonds. The summed E-state index contributed by atoms with van der Waals surface area (Å²) >= 11 is 12.1. The average Bonchev–Trinajstić information content (AvgIpc) is 2.66. The molecule has 0 bridgehead atoms. The number of amides is 1. The van der Waals surface area contributed by atoms with Crippen LogP contribution in [0.25, 0.3) is 0 Å². The normalized spacial score (nSPS) is 14.3. The molecule has 0 aliphatic heterocycles. The zero-order chi connectivity index (χ0) is 22.5. The fourth-order valence-corrected chi connectivity index (χ4v) is 3.49. The number of nitrogens with one attached hydrogen (secondary N) is 2. The molecule has 5 heteroatoms. The van der Waals surface area contributed by atoms with Crippen molar-refractivity contribution in [3.8, 4) is 0 Å². The minimum atomic E-state index is -0.521. The van der Waals surface area contributed by atoms with Crippen molar-refractivity contribution in [3.05, 3.63) is 69.7 Å². The SMILES string of the molecule is CC(NC(=O)C(C)(C)CNC(C)(C)C)C(Cc1ccc(Cl)cc1)c1ccc(Cl)cc1. The molecule has 2 N–H and O–H groups in total. The summed E-state index contributed by atoms with van der Waals surface area (Å²) in [7, 11) is 0. The molecular weight excluding hydrogens is 415 g/mol. The van der Waals surface area contributed by atoms with Crippen molar-refractivity contribution >= 4 is 29.1 Å². The van der Waals surface area contributed by atoms with Gasteiger partial charge in [0.15, 0.2) is 0 Å². The maximum atomic E-state index is 13.1. The Hall–Kier alpha value is -1.55. The van der Waals surface area contributed by atoms with Gasteiger partial charge in [0, 0.05) is 34.1 Å². The maximum Gasteiger partial charge on any atom is 0.227 e. The molecule has 2 aromatic carbocycles. The standard InChI is InChI=1S/C25H34Cl2N2O/c1-17(29-23(30)25(5,6)16-28-24(2,3)4)22(19-9-13-21(27)14-10-19)15-18-7-11-20(26)12-8-18/h7-14,17,22,28H,15-16H2,1-6H3,(H,29,30). The quantitative estimate of drug-likeness (QED) is 0.501. The summed E-state index contributed by atoms with van der Waals surface area (Å²) < 4.78 is 0. The summed E-state index contributed by atoms with van der Waals surface area (Å²) in [6, 6.07) is 15.7. The molecule has 0 aliphatic carbocycles. The van der Waals surface area contributed by atoms with Crippen LogP contribution in [-0.2, 0) is 11.2 Å². The maximum absolute atomic E-state index is 13.1. The molecule has 0 aliphatic rings. The molecule has 0 radical (unpaired) electrons. The highest BCUT2D eigenvalue weighted by atomic mass is 35.5. The number of hydrogen-bond acceptors (Lipinski definition) is 2. The van der Waals surface area contributed by atoms with Crippen LogP contribution < -0.4 is 10.6 Å². The van der Waals surface area contributed by atoms with Crippen LogP contribution >= 0.6 is 23.2 Å². The summed E-state index contributed by atoms with van der Waals surface area (Å²) in [5, 5.41) is 8.13. The number of benzene rings is 2. The van der Waals surface area contributed by atoms with E-state index in [9.17, 15) is 4.79 Å². The Bertz CT molecular complexity index is 824. The van der Waals surface area contributed by atoms with Gasteiger partial charge >= 0.3 is 0 Å². The van der Waals surface area contributed by atoms with Crippen LogP contribution in [0.4, 0.5) is 0 Å². The Morgan fingerprint density at radius 3 is 1.90 bits per heavy atom. The van der Waals surface area contributed by atoms with Gasteiger partial charge in [-0.25, -0.2) is 0 Å². The van der Waals surface area contributed by atoms with Gasteiger partial charge in [-0.2, -0.15) is 0 Å². The van der Waals surface area contributed by atoms with Crippen molar-refractivity contribution in [2.45, 2.75) is 65.5 Å². The predicted octanol–water partition coefficient (Wildman–Crippen LogP) is 6.24. The minimum Gasteiger partial charge on any atom is -0.353 e. The Kier molecular flexibility index (Phi) is 8.38. The first-order valence-electron chi connectivity index (χ1n) is 10.4. The van der Waals surface area contributed by atoms with Crippen LogP contribution in [0.5, 0.6) is 0 Å². The molecule has 0 saturated carbocycles. The van der Waals surface area contributed by atoms with Gasteiger partial charge in [-0.3, -0.25) is 4.79 Å². The molecular formula is C25H34Cl2N2O. The fourth-order valence-electron chi connectivity index (χ4n) is 3.24. The molecule has 2 aromatic rings. The minimum absolute atomic E-state index is 0.0381. The third-order valence-electron chi connectivity index (χ3n) is 5.30. The first-order chi connectivity index (χ1) is 13.9. The van der Waals surface area contributed by atoms with Gasteiger partial charge in [0.25, 0.3) is 0 Å². The summed E-state index contributed by atoms with van der Waals surface area (Å²) in [6.07, 6.45) is 0.793. The molecule has 164 valence electrons. The molecule has 30 heavy (non-hydrogen) atoms. The van der Waals surface area contributed by atoms with E-state index in [0.29, 0.717) is 11.6 Å². The van der Waals surface area contributed by atoms with Crippen molar-refractivity contribution in [1.82, 2.24) is 10.6 Å². The van der Waals surface area contributed by atoms with E-state index in [4.69, 9.17) is 23.2 Å². The highest BCUT2D eigenvalue weighted by Crippen LogP contribution is 2.28. The largest absolute Gasteiger partial charge is 0.353 e. The first-order valence-corrected chi connectivity index (χ1v) is 11.2. The van der Waals surface area contributed by atoms with Crippen LogP contribution in [-0.4, -0.2) is 24.0 Å². The predicted molar refractivity (Wildman–Crippen MR) is 128 cm³/mol. The van der Waals surface area contributed by atoms with Crippen molar-refractivity contribution in [3.63, 3.8) is 0 Å². The van der Waals surface area contributed by atoms with E-state index in [2.05, 4.69) is 38.3 Å². The van der Waals surface area contributed by atoms with Gasteiger partial charge in [-0.1, -0.05) is 47.5 Å². The Morgan fingerprint density at radius 2 is 1.40 bits per heavy atom. The molecule has 0 fully saturated rings. The van der Waals surface area contributed by atoms with E-state index in [1.165, 1.54) is 5.56 Å². The highest BCUT2D eigenvalue weighted by Gasteiger charge is 2.31. The van der Waals surface area contributed by atoms with Gasteiger partial charge in [0.2, 0.25) is 5.91 Å². The Labute approximate surface area is 191 Å². The zero-order valence-electron chi connectivity index (χ0n) is 18.9. The van der Waals surface area contributed by atoms with E-state index in [1.54, 1.807) is 0 Å². The van der Waals surface area contributed by atoms with Gasteiger partial charge < -0.3 is 10.6 Å².